The fraction of sp³-hybridized carbons (Fsp3) is 0.125. The topological polar surface area (TPSA) is 76.4 Å². The normalized spacial score (nSPS) is 10.8. The lowest BCUT2D eigenvalue weighted by Crippen LogP contribution is -2.34. The fourth-order valence-electron chi connectivity index (χ4n) is 3.42. The van der Waals surface area contributed by atoms with Crippen LogP contribution in [0.4, 0.5) is 5.69 Å². The molecule has 0 saturated carbocycles. The number of thiocarbonyl (C=S) groups is 1. The molecule has 2 N–H and O–H groups in total. The van der Waals surface area contributed by atoms with Crippen LogP contribution in [0.25, 0.3) is 22.6 Å². The largest absolute Gasteiger partial charge is 0.496 e. The zero-order valence-electron chi connectivity index (χ0n) is 17.7. The second kappa shape index (κ2) is 9.10. The Morgan fingerprint density at radius 2 is 1.81 bits per heavy atom. The van der Waals surface area contributed by atoms with Gasteiger partial charge in [0.25, 0.3) is 5.91 Å². The molecule has 0 aliphatic rings. The summed E-state index contributed by atoms with van der Waals surface area (Å²) in [5, 5.41) is 5.86. The number of aromatic nitrogens is 1. The molecule has 3 aromatic carbocycles. The Hall–Kier alpha value is -3.23. The third-order valence-corrected chi connectivity index (χ3v) is 5.44. The standard InChI is InChI=1S/C24H20BrN3O3S/c1-13-8-14(2)10-15(9-13)23-27-19-12-17(5-7-21(19)31-23)26-24(32)28-22(29)18-11-16(25)4-6-20(18)30-3/h4-12H,1-3H3,(H2,26,28,29,32). The van der Waals surface area contributed by atoms with Gasteiger partial charge in [0.15, 0.2) is 10.7 Å². The first-order chi connectivity index (χ1) is 15.3. The molecule has 4 rings (SSSR count). The maximum Gasteiger partial charge on any atom is 0.261 e. The second-order valence-corrected chi connectivity index (χ2v) is 8.65. The number of benzene rings is 3. The molecule has 6 nitrogen and oxygen atoms in total. The van der Waals surface area contributed by atoms with Crippen molar-refractivity contribution in [1.82, 2.24) is 10.3 Å². The molecule has 0 spiro atoms. The van der Waals surface area contributed by atoms with Crippen LogP contribution < -0.4 is 15.4 Å². The average molecular weight is 510 g/mol. The van der Waals surface area contributed by atoms with Gasteiger partial charge in [0, 0.05) is 15.7 Å². The van der Waals surface area contributed by atoms with E-state index in [4.69, 9.17) is 21.4 Å². The molecule has 8 heteroatoms. The van der Waals surface area contributed by atoms with Crippen LogP contribution >= 0.6 is 28.1 Å². The number of halogens is 1. The number of carbonyl (C=O) groups is 1. The minimum atomic E-state index is -0.375. The molecule has 0 bridgehead atoms. The predicted octanol–water partition coefficient (Wildman–Crippen LogP) is 6.01. The van der Waals surface area contributed by atoms with Crippen molar-refractivity contribution in [3.63, 3.8) is 0 Å². The van der Waals surface area contributed by atoms with E-state index >= 15 is 0 Å². The molecule has 0 fully saturated rings. The van der Waals surface area contributed by atoms with E-state index in [0.717, 1.165) is 21.2 Å². The summed E-state index contributed by atoms with van der Waals surface area (Å²) in [4.78, 5) is 17.3. The highest BCUT2D eigenvalue weighted by Crippen LogP contribution is 2.28. The average Bonchev–Trinajstić information content (AvgIpc) is 3.16. The molecular weight excluding hydrogens is 490 g/mol. The van der Waals surface area contributed by atoms with E-state index < -0.39 is 0 Å². The van der Waals surface area contributed by atoms with Crippen LogP contribution in [-0.2, 0) is 0 Å². The highest BCUT2D eigenvalue weighted by Gasteiger charge is 2.15. The molecule has 32 heavy (non-hydrogen) atoms. The van der Waals surface area contributed by atoms with Crippen molar-refractivity contribution in [3.05, 3.63) is 75.8 Å². The molecule has 0 aliphatic heterocycles. The smallest absolute Gasteiger partial charge is 0.261 e. The molecule has 1 heterocycles. The van der Waals surface area contributed by atoms with Crippen molar-refractivity contribution >= 4 is 56.0 Å². The van der Waals surface area contributed by atoms with E-state index in [1.807, 2.05) is 44.2 Å². The van der Waals surface area contributed by atoms with Crippen LogP contribution in [0.3, 0.4) is 0 Å². The monoisotopic (exact) mass is 509 g/mol. The van der Waals surface area contributed by atoms with E-state index in [9.17, 15) is 4.79 Å². The van der Waals surface area contributed by atoms with Gasteiger partial charge in [-0.25, -0.2) is 4.98 Å². The number of fused-ring (bicyclic) bond motifs is 1. The number of rotatable bonds is 4. The Kier molecular flexibility index (Phi) is 6.25. The minimum absolute atomic E-state index is 0.161. The fourth-order valence-corrected chi connectivity index (χ4v) is 3.99. The molecule has 162 valence electrons. The van der Waals surface area contributed by atoms with E-state index in [1.165, 1.54) is 7.11 Å². The molecule has 0 saturated heterocycles. The number of hydrogen-bond donors (Lipinski definition) is 2. The number of anilines is 1. The number of nitrogens with zero attached hydrogens (tertiary/aromatic N) is 1. The lowest BCUT2D eigenvalue weighted by molar-refractivity contribution is 0.0974. The Labute approximate surface area is 199 Å². The Bertz CT molecular complexity index is 1330. The Balaban J connectivity index is 1.51. The lowest BCUT2D eigenvalue weighted by atomic mass is 10.1. The van der Waals surface area contributed by atoms with Crippen molar-refractivity contribution in [2.45, 2.75) is 13.8 Å². The van der Waals surface area contributed by atoms with Gasteiger partial charge in [-0.05, 0) is 74.6 Å². The first-order valence-corrected chi connectivity index (χ1v) is 11.0. The number of hydrogen-bond acceptors (Lipinski definition) is 5. The van der Waals surface area contributed by atoms with Gasteiger partial charge in [0.1, 0.15) is 11.3 Å². The SMILES string of the molecule is COc1ccc(Br)cc1C(=O)NC(=S)Nc1ccc2oc(-c3cc(C)cc(C)c3)nc2c1. The van der Waals surface area contributed by atoms with Crippen LogP contribution in [0.1, 0.15) is 21.5 Å². The summed E-state index contributed by atoms with van der Waals surface area (Å²) in [6, 6.07) is 16.8. The van der Waals surface area contributed by atoms with Gasteiger partial charge in [-0.1, -0.05) is 33.1 Å². The van der Waals surface area contributed by atoms with Crippen LogP contribution in [0.15, 0.2) is 63.5 Å². The number of carbonyl (C=O) groups excluding carboxylic acids is 1. The van der Waals surface area contributed by atoms with Gasteiger partial charge >= 0.3 is 0 Å². The van der Waals surface area contributed by atoms with Gasteiger partial charge in [0.2, 0.25) is 5.89 Å². The first-order valence-electron chi connectivity index (χ1n) is 9.77. The van der Waals surface area contributed by atoms with E-state index in [1.54, 1.807) is 18.2 Å². The maximum absolute atomic E-state index is 12.6. The summed E-state index contributed by atoms with van der Waals surface area (Å²) in [7, 11) is 1.51. The summed E-state index contributed by atoms with van der Waals surface area (Å²) in [6.07, 6.45) is 0. The molecular formula is C24H20BrN3O3S. The number of ether oxygens (including phenoxy) is 1. The van der Waals surface area contributed by atoms with Gasteiger partial charge in [-0.2, -0.15) is 0 Å². The highest BCUT2D eigenvalue weighted by molar-refractivity contribution is 9.10. The lowest BCUT2D eigenvalue weighted by Gasteiger charge is -2.12. The van der Waals surface area contributed by atoms with Crippen molar-refractivity contribution in [2.75, 3.05) is 12.4 Å². The molecule has 1 amide bonds. The molecule has 0 radical (unpaired) electrons. The zero-order valence-corrected chi connectivity index (χ0v) is 20.1. The number of methoxy groups -OCH3 is 1. The molecule has 0 atom stereocenters. The minimum Gasteiger partial charge on any atom is -0.496 e. The first kappa shape index (κ1) is 22.0. The number of nitrogens with one attached hydrogen (secondary N) is 2. The van der Waals surface area contributed by atoms with Crippen molar-refractivity contribution in [2.24, 2.45) is 0 Å². The Morgan fingerprint density at radius 1 is 1.06 bits per heavy atom. The van der Waals surface area contributed by atoms with Crippen LogP contribution in [0, 0.1) is 13.8 Å². The number of amides is 1. The van der Waals surface area contributed by atoms with E-state index in [2.05, 4.69) is 37.6 Å². The number of oxazole rings is 1. The van der Waals surface area contributed by atoms with Gasteiger partial charge in [-0.3, -0.25) is 10.1 Å². The third kappa shape index (κ3) is 4.81. The van der Waals surface area contributed by atoms with Gasteiger partial charge < -0.3 is 14.5 Å². The summed E-state index contributed by atoms with van der Waals surface area (Å²) in [5.74, 6) is 0.637. The molecule has 0 unspecified atom stereocenters. The molecule has 4 aromatic rings. The summed E-state index contributed by atoms with van der Waals surface area (Å²) >= 11 is 8.68. The summed E-state index contributed by atoms with van der Waals surface area (Å²) in [5.41, 5.74) is 5.63. The maximum atomic E-state index is 12.6. The Morgan fingerprint density at radius 3 is 2.53 bits per heavy atom. The van der Waals surface area contributed by atoms with Crippen molar-refractivity contribution in [3.8, 4) is 17.2 Å². The second-order valence-electron chi connectivity index (χ2n) is 7.33. The number of aryl methyl sites for hydroxylation is 2. The summed E-state index contributed by atoms with van der Waals surface area (Å²) in [6.45, 7) is 4.08. The van der Waals surface area contributed by atoms with E-state index in [0.29, 0.717) is 34.0 Å². The zero-order chi connectivity index (χ0) is 22.8. The molecule has 1 aromatic heterocycles. The third-order valence-electron chi connectivity index (χ3n) is 4.75. The quantitative estimate of drug-likeness (QED) is 0.328. The summed E-state index contributed by atoms with van der Waals surface area (Å²) < 4.78 is 11.9. The van der Waals surface area contributed by atoms with Crippen LogP contribution in [0.5, 0.6) is 5.75 Å². The van der Waals surface area contributed by atoms with Gasteiger partial charge in [-0.15, -0.1) is 0 Å². The van der Waals surface area contributed by atoms with E-state index in [-0.39, 0.29) is 11.0 Å². The van der Waals surface area contributed by atoms with Crippen LogP contribution in [0.2, 0.25) is 0 Å². The van der Waals surface area contributed by atoms with Crippen LogP contribution in [-0.4, -0.2) is 23.1 Å². The van der Waals surface area contributed by atoms with Crippen molar-refractivity contribution < 1.29 is 13.9 Å². The van der Waals surface area contributed by atoms with Gasteiger partial charge in [0.05, 0.1) is 12.7 Å². The predicted molar refractivity (Wildman–Crippen MR) is 133 cm³/mol. The molecule has 0 aliphatic carbocycles. The van der Waals surface area contributed by atoms with Crippen molar-refractivity contribution in [1.29, 1.82) is 0 Å². The highest BCUT2D eigenvalue weighted by atomic mass is 79.9.